The van der Waals surface area contributed by atoms with Crippen LogP contribution in [0.1, 0.15) is 53.6 Å². The molecule has 2 aromatic rings. The molecule has 1 fully saturated rings. The zero-order chi connectivity index (χ0) is 20.6. The molecule has 2 aromatic heterocycles. The van der Waals surface area contributed by atoms with Gasteiger partial charge in [0.15, 0.2) is 0 Å². The van der Waals surface area contributed by atoms with Crippen LogP contribution in [0, 0.1) is 13.8 Å². The fraction of sp³-hybridized carbons (Fsp3) is 0.524. The summed E-state index contributed by atoms with van der Waals surface area (Å²) < 4.78 is 5.18. The number of hydrogen-bond donors (Lipinski definition) is 1. The monoisotopic (exact) mass is 397 g/mol. The first kappa shape index (κ1) is 19.4. The lowest BCUT2D eigenvalue weighted by molar-refractivity contribution is -0.132. The van der Waals surface area contributed by atoms with E-state index in [9.17, 15) is 9.59 Å². The number of piperidine rings is 1. The van der Waals surface area contributed by atoms with Crippen LogP contribution in [0.25, 0.3) is 0 Å². The molecule has 2 aliphatic rings. The number of nitrogens with one attached hydrogen (secondary N) is 1. The van der Waals surface area contributed by atoms with Crippen molar-refractivity contribution >= 4 is 17.6 Å². The van der Waals surface area contributed by atoms with Crippen molar-refractivity contribution in [1.82, 2.24) is 20.4 Å². The minimum atomic E-state index is -0.481. The first-order valence-electron chi connectivity index (χ1n) is 10.2. The molecule has 1 saturated heterocycles. The molecule has 0 atom stereocenters. The number of fused-ring (bicyclic) bond motifs is 1. The molecule has 8 nitrogen and oxygen atoms in total. The second-order valence-corrected chi connectivity index (χ2v) is 7.79. The third-order valence-corrected chi connectivity index (χ3v) is 6.18. The van der Waals surface area contributed by atoms with Gasteiger partial charge in [-0.2, -0.15) is 0 Å². The van der Waals surface area contributed by atoms with Crippen molar-refractivity contribution < 1.29 is 14.1 Å². The third kappa shape index (κ3) is 3.36. The van der Waals surface area contributed by atoms with E-state index in [4.69, 9.17) is 4.52 Å². The van der Waals surface area contributed by atoms with E-state index in [1.54, 1.807) is 18.3 Å². The van der Waals surface area contributed by atoms with Crippen LogP contribution in [-0.4, -0.2) is 52.2 Å². The van der Waals surface area contributed by atoms with E-state index >= 15 is 0 Å². The minimum absolute atomic E-state index is 0.0871. The first-order valence-corrected chi connectivity index (χ1v) is 10.2. The van der Waals surface area contributed by atoms with E-state index in [1.165, 1.54) is 0 Å². The lowest BCUT2D eigenvalue weighted by Gasteiger charge is -2.51. The van der Waals surface area contributed by atoms with Gasteiger partial charge in [-0.1, -0.05) is 5.16 Å². The number of carbonyl (C=O) groups excluding carboxylic acids is 2. The van der Waals surface area contributed by atoms with Crippen molar-refractivity contribution in [1.29, 1.82) is 0 Å². The third-order valence-electron chi connectivity index (χ3n) is 6.18. The largest absolute Gasteiger partial charge is 0.361 e. The van der Waals surface area contributed by atoms with E-state index in [1.807, 2.05) is 18.7 Å². The highest BCUT2D eigenvalue weighted by Crippen LogP contribution is 2.36. The predicted octanol–water partition coefficient (Wildman–Crippen LogP) is 2.21. The van der Waals surface area contributed by atoms with E-state index in [2.05, 4.69) is 27.3 Å². The van der Waals surface area contributed by atoms with Crippen LogP contribution in [0.2, 0.25) is 0 Å². The van der Waals surface area contributed by atoms with Gasteiger partial charge in [-0.05, 0) is 39.3 Å². The second kappa shape index (κ2) is 7.50. The van der Waals surface area contributed by atoms with Crippen LogP contribution in [0.4, 0.5) is 5.82 Å². The fourth-order valence-electron chi connectivity index (χ4n) is 4.56. The Labute approximate surface area is 170 Å². The topological polar surface area (TPSA) is 91.6 Å². The molecule has 4 rings (SSSR count). The lowest BCUT2D eigenvalue weighted by atomic mass is 9.91. The summed E-state index contributed by atoms with van der Waals surface area (Å²) in [5.41, 5.74) is 2.00. The molecule has 8 heteroatoms. The van der Waals surface area contributed by atoms with Gasteiger partial charge in [0, 0.05) is 50.7 Å². The van der Waals surface area contributed by atoms with Crippen molar-refractivity contribution in [3.05, 3.63) is 40.9 Å². The summed E-state index contributed by atoms with van der Waals surface area (Å²) in [6, 6.07) is 3.59. The average molecular weight is 397 g/mol. The Kier molecular flexibility index (Phi) is 5.02. The summed E-state index contributed by atoms with van der Waals surface area (Å²) in [5, 5.41) is 7.16. The van der Waals surface area contributed by atoms with Gasteiger partial charge in [0.05, 0.1) is 11.3 Å². The van der Waals surface area contributed by atoms with Crippen molar-refractivity contribution in [2.45, 2.75) is 52.1 Å². The van der Waals surface area contributed by atoms with Crippen LogP contribution in [0.5, 0.6) is 0 Å². The number of rotatable bonds is 4. The van der Waals surface area contributed by atoms with Crippen LogP contribution >= 0.6 is 0 Å². The van der Waals surface area contributed by atoms with Crippen molar-refractivity contribution in [3.63, 3.8) is 0 Å². The quantitative estimate of drug-likeness (QED) is 0.851. The van der Waals surface area contributed by atoms with Gasteiger partial charge in [-0.3, -0.25) is 9.59 Å². The Hall–Kier alpha value is -2.90. The van der Waals surface area contributed by atoms with Crippen LogP contribution in [-0.2, 0) is 11.2 Å². The molecule has 2 amide bonds. The molecule has 0 bridgehead atoms. The number of anilines is 1. The maximum atomic E-state index is 12.8. The second-order valence-electron chi connectivity index (χ2n) is 7.79. The molecule has 154 valence electrons. The van der Waals surface area contributed by atoms with Crippen molar-refractivity contribution in [2.75, 3.05) is 24.5 Å². The van der Waals surface area contributed by atoms with E-state index in [0.717, 1.165) is 29.4 Å². The molecule has 2 aliphatic heterocycles. The van der Waals surface area contributed by atoms with Gasteiger partial charge in [-0.25, -0.2) is 4.98 Å². The number of pyridine rings is 1. The molecule has 29 heavy (non-hydrogen) atoms. The summed E-state index contributed by atoms with van der Waals surface area (Å²) in [6.45, 7) is 7.81. The van der Waals surface area contributed by atoms with Gasteiger partial charge >= 0.3 is 0 Å². The van der Waals surface area contributed by atoms with Crippen LogP contribution in [0.3, 0.4) is 0 Å². The number of aryl methyl sites for hydroxylation is 2. The molecule has 4 heterocycles. The SMILES string of the molecule is CCN1c2ncccc2C(=O)NC12CCN(C(=O)CCc1c(C)noc1C)CC2. The number of aromatic nitrogens is 2. The van der Waals surface area contributed by atoms with Crippen molar-refractivity contribution in [3.8, 4) is 0 Å². The minimum Gasteiger partial charge on any atom is -0.361 e. The van der Waals surface area contributed by atoms with Gasteiger partial charge in [0.2, 0.25) is 5.91 Å². The maximum absolute atomic E-state index is 12.8. The smallest absolute Gasteiger partial charge is 0.256 e. The van der Waals surface area contributed by atoms with E-state index < -0.39 is 5.66 Å². The highest BCUT2D eigenvalue weighted by atomic mass is 16.5. The van der Waals surface area contributed by atoms with E-state index in [0.29, 0.717) is 44.3 Å². The maximum Gasteiger partial charge on any atom is 0.256 e. The molecule has 0 radical (unpaired) electrons. The van der Waals surface area contributed by atoms with Crippen molar-refractivity contribution in [2.24, 2.45) is 0 Å². The zero-order valence-corrected chi connectivity index (χ0v) is 17.2. The molecule has 0 aliphatic carbocycles. The number of amides is 2. The normalized spacial score (nSPS) is 18.0. The summed E-state index contributed by atoms with van der Waals surface area (Å²) in [5.74, 6) is 1.55. The van der Waals surface area contributed by atoms with Gasteiger partial charge in [0.25, 0.3) is 5.91 Å². The Morgan fingerprint density at radius 1 is 1.31 bits per heavy atom. The molecule has 0 saturated carbocycles. The predicted molar refractivity (Wildman–Crippen MR) is 108 cm³/mol. The Bertz CT molecular complexity index is 911. The molecular weight excluding hydrogens is 370 g/mol. The van der Waals surface area contributed by atoms with Gasteiger partial charge in [-0.15, -0.1) is 0 Å². The molecular formula is C21H27N5O3. The van der Waals surface area contributed by atoms with Gasteiger partial charge < -0.3 is 19.6 Å². The Morgan fingerprint density at radius 2 is 2.07 bits per heavy atom. The van der Waals surface area contributed by atoms with E-state index in [-0.39, 0.29) is 11.8 Å². The summed E-state index contributed by atoms with van der Waals surface area (Å²) in [4.78, 5) is 34.0. The van der Waals surface area contributed by atoms with Crippen LogP contribution < -0.4 is 10.2 Å². The summed E-state index contributed by atoms with van der Waals surface area (Å²) in [7, 11) is 0. The highest BCUT2D eigenvalue weighted by Gasteiger charge is 2.46. The van der Waals surface area contributed by atoms with Crippen LogP contribution in [0.15, 0.2) is 22.9 Å². The molecule has 1 spiro atoms. The molecule has 0 unspecified atom stereocenters. The first-order chi connectivity index (χ1) is 13.9. The number of nitrogens with zero attached hydrogens (tertiary/aromatic N) is 4. The highest BCUT2D eigenvalue weighted by molar-refractivity contribution is 6.01. The Morgan fingerprint density at radius 3 is 2.72 bits per heavy atom. The zero-order valence-electron chi connectivity index (χ0n) is 17.2. The Balaban J connectivity index is 1.43. The lowest BCUT2D eigenvalue weighted by Crippen LogP contribution is -2.68. The molecule has 1 N–H and O–H groups in total. The molecule has 0 aromatic carbocycles. The average Bonchev–Trinajstić information content (AvgIpc) is 3.04. The summed E-state index contributed by atoms with van der Waals surface area (Å²) >= 11 is 0. The number of carbonyl (C=O) groups is 2. The van der Waals surface area contributed by atoms with Gasteiger partial charge in [0.1, 0.15) is 17.2 Å². The summed E-state index contributed by atoms with van der Waals surface area (Å²) in [6.07, 6.45) is 4.15. The number of likely N-dealkylation sites (tertiary alicyclic amines) is 1. The number of hydrogen-bond acceptors (Lipinski definition) is 6. The standard InChI is InChI=1S/C21H27N5O3/c1-4-26-19-17(6-5-11-22-19)20(28)23-21(26)9-12-25(13-10-21)18(27)8-7-16-14(2)24-29-15(16)3/h5-6,11H,4,7-10,12-13H2,1-3H3,(H,23,28). The fourth-order valence-corrected chi connectivity index (χ4v) is 4.56.